The van der Waals surface area contributed by atoms with Crippen LogP contribution in [0.2, 0.25) is 0 Å². The molecule has 0 fully saturated rings. The Morgan fingerprint density at radius 2 is 1.50 bits per heavy atom. The molecule has 0 saturated heterocycles. The number of fused-ring (bicyclic) bond motifs is 8. The molecule has 0 spiro atoms. The Balaban J connectivity index is 1.55. The molecule has 7 rings (SSSR count). The normalized spacial score (nSPS) is 22.1. The molecule has 0 aromatic heterocycles. The Labute approximate surface area is 227 Å². The number of nitrogens with zero attached hydrogens (tertiary/aromatic N) is 1. The fraction of sp³-hybridized carbons (Fsp3) is 0.297. The van der Waals surface area contributed by atoms with Gasteiger partial charge in [0.15, 0.2) is 0 Å². The molecule has 4 aromatic rings. The fourth-order valence-corrected chi connectivity index (χ4v) is 7.78. The number of anilines is 1. The SMILES string of the molecule is Cc1cccc(C2=CC3c4cc(C)cc(C)c4[C@@H](C)[C@H](C)N3c3cc4c(cc32)-c2ccccc2C4(C)C)c1. The van der Waals surface area contributed by atoms with E-state index in [1.807, 2.05) is 0 Å². The van der Waals surface area contributed by atoms with Crippen LogP contribution in [0.3, 0.4) is 0 Å². The van der Waals surface area contributed by atoms with Crippen molar-refractivity contribution in [1.29, 1.82) is 0 Å². The van der Waals surface area contributed by atoms with E-state index in [9.17, 15) is 0 Å². The molecule has 2 heterocycles. The van der Waals surface area contributed by atoms with Gasteiger partial charge in [0.05, 0.1) is 6.04 Å². The maximum absolute atomic E-state index is 2.74. The molecule has 1 aliphatic carbocycles. The van der Waals surface area contributed by atoms with Gasteiger partial charge >= 0.3 is 0 Å². The molecule has 0 amide bonds. The standard InChI is InChI=1S/C37H37N/c1-21-11-10-12-26(16-21)28-19-34-31-17-22(2)15-23(3)36(31)24(4)25(5)38(34)35-20-33-29(18-30(28)35)27-13-8-9-14-32(27)37(33,6)7/h8-20,24-25,34H,1-7H3/t24-,25-,34?/m0/s1. The third-order valence-corrected chi connectivity index (χ3v) is 9.72. The molecule has 1 heteroatoms. The minimum absolute atomic E-state index is 0.0170. The van der Waals surface area contributed by atoms with E-state index in [4.69, 9.17) is 0 Å². The van der Waals surface area contributed by atoms with Gasteiger partial charge in [-0.25, -0.2) is 0 Å². The Morgan fingerprint density at radius 1 is 0.711 bits per heavy atom. The molecule has 2 aliphatic heterocycles. The molecule has 4 aromatic carbocycles. The lowest BCUT2D eigenvalue weighted by Gasteiger charge is -2.49. The van der Waals surface area contributed by atoms with Crippen LogP contribution in [0.1, 0.15) is 89.7 Å². The Hall–Kier alpha value is -3.58. The van der Waals surface area contributed by atoms with E-state index in [0.717, 1.165) is 0 Å². The predicted octanol–water partition coefficient (Wildman–Crippen LogP) is 9.42. The molecule has 1 unspecified atom stereocenters. The van der Waals surface area contributed by atoms with Crippen LogP contribution in [0.25, 0.3) is 16.7 Å². The van der Waals surface area contributed by atoms with Crippen LogP contribution in [-0.2, 0) is 5.41 Å². The van der Waals surface area contributed by atoms with Gasteiger partial charge in [0.2, 0.25) is 0 Å². The van der Waals surface area contributed by atoms with Gasteiger partial charge in [-0.3, -0.25) is 0 Å². The van der Waals surface area contributed by atoms with E-state index in [2.05, 4.69) is 132 Å². The second-order valence-corrected chi connectivity index (χ2v) is 12.5. The summed E-state index contributed by atoms with van der Waals surface area (Å²) in [6, 6.07) is 28.6. The molecular formula is C37H37N. The molecule has 0 saturated carbocycles. The second kappa shape index (κ2) is 7.96. The van der Waals surface area contributed by atoms with E-state index >= 15 is 0 Å². The van der Waals surface area contributed by atoms with Gasteiger partial charge in [-0.15, -0.1) is 0 Å². The molecule has 0 bridgehead atoms. The third-order valence-electron chi connectivity index (χ3n) is 9.72. The number of rotatable bonds is 1. The maximum atomic E-state index is 2.74. The third kappa shape index (κ3) is 3.11. The largest absolute Gasteiger partial charge is 0.357 e. The van der Waals surface area contributed by atoms with Crippen LogP contribution in [0.4, 0.5) is 5.69 Å². The zero-order valence-electron chi connectivity index (χ0n) is 23.7. The van der Waals surface area contributed by atoms with Crippen LogP contribution >= 0.6 is 0 Å². The zero-order chi connectivity index (χ0) is 26.5. The van der Waals surface area contributed by atoms with Crippen LogP contribution in [0.15, 0.2) is 78.9 Å². The highest BCUT2D eigenvalue weighted by atomic mass is 15.2. The highest BCUT2D eigenvalue weighted by Gasteiger charge is 2.43. The molecule has 3 atom stereocenters. The van der Waals surface area contributed by atoms with Gasteiger partial charge in [-0.1, -0.05) is 92.6 Å². The summed E-state index contributed by atoms with van der Waals surface area (Å²) in [5.41, 5.74) is 18.2. The van der Waals surface area contributed by atoms with Gasteiger partial charge in [-0.2, -0.15) is 0 Å². The average Bonchev–Trinajstić information content (AvgIpc) is 3.11. The molecular weight excluding hydrogens is 458 g/mol. The molecule has 0 N–H and O–H groups in total. The molecule has 1 nitrogen and oxygen atoms in total. The summed E-state index contributed by atoms with van der Waals surface area (Å²) in [5.74, 6) is 0.460. The van der Waals surface area contributed by atoms with Crippen molar-refractivity contribution < 1.29 is 0 Å². The van der Waals surface area contributed by atoms with Crippen LogP contribution in [0, 0.1) is 20.8 Å². The number of benzene rings is 4. The molecule has 190 valence electrons. The smallest absolute Gasteiger partial charge is 0.0742 e. The van der Waals surface area contributed by atoms with Gasteiger partial charge in [0.1, 0.15) is 0 Å². The van der Waals surface area contributed by atoms with Crippen LogP contribution in [0.5, 0.6) is 0 Å². The van der Waals surface area contributed by atoms with Crippen molar-refractivity contribution in [3.8, 4) is 11.1 Å². The van der Waals surface area contributed by atoms with Crippen molar-refractivity contribution in [2.45, 2.75) is 71.9 Å². The van der Waals surface area contributed by atoms with E-state index < -0.39 is 0 Å². The Kier molecular flexibility index (Phi) is 4.93. The van der Waals surface area contributed by atoms with E-state index in [1.165, 1.54) is 66.9 Å². The predicted molar refractivity (Wildman–Crippen MR) is 161 cm³/mol. The lowest BCUT2D eigenvalue weighted by molar-refractivity contribution is 0.481. The minimum atomic E-state index is -0.0170. The first-order valence-corrected chi connectivity index (χ1v) is 14.1. The summed E-state index contributed by atoms with van der Waals surface area (Å²) in [4.78, 5) is 2.74. The van der Waals surface area contributed by atoms with Crippen molar-refractivity contribution in [3.63, 3.8) is 0 Å². The summed E-state index contributed by atoms with van der Waals surface area (Å²) < 4.78 is 0. The van der Waals surface area contributed by atoms with Crippen molar-refractivity contribution in [2.24, 2.45) is 0 Å². The quantitative estimate of drug-likeness (QED) is 0.254. The Morgan fingerprint density at radius 3 is 2.29 bits per heavy atom. The number of hydrogen-bond acceptors (Lipinski definition) is 1. The van der Waals surface area contributed by atoms with Gasteiger partial charge in [-0.05, 0) is 96.0 Å². The molecule has 38 heavy (non-hydrogen) atoms. The molecule has 3 aliphatic rings. The highest BCUT2D eigenvalue weighted by molar-refractivity contribution is 5.95. The van der Waals surface area contributed by atoms with Crippen LogP contribution in [-0.4, -0.2) is 6.04 Å². The van der Waals surface area contributed by atoms with Crippen molar-refractivity contribution >= 4 is 11.3 Å². The van der Waals surface area contributed by atoms with E-state index in [0.29, 0.717) is 12.0 Å². The van der Waals surface area contributed by atoms with Crippen molar-refractivity contribution in [1.82, 2.24) is 0 Å². The summed E-state index contributed by atoms with van der Waals surface area (Å²) in [6.45, 7) is 16.4. The van der Waals surface area contributed by atoms with E-state index in [-0.39, 0.29) is 11.5 Å². The summed E-state index contributed by atoms with van der Waals surface area (Å²) in [5, 5.41) is 0. The van der Waals surface area contributed by atoms with Crippen molar-refractivity contribution in [3.05, 3.63) is 129 Å². The second-order valence-electron chi connectivity index (χ2n) is 12.5. The fourth-order valence-electron chi connectivity index (χ4n) is 7.78. The minimum Gasteiger partial charge on any atom is -0.357 e. The summed E-state index contributed by atoms with van der Waals surface area (Å²) >= 11 is 0. The Bertz CT molecular complexity index is 1670. The first-order chi connectivity index (χ1) is 18.2. The van der Waals surface area contributed by atoms with Gasteiger partial charge < -0.3 is 4.90 Å². The average molecular weight is 496 g/mol. The lowest BCUT2D eigenvalue weighted by Crippen LogP contribution is -2.45. The summed E-state index contributed by atoms with van der Waals surface area (Å²) in [7, 11) is 0. The lowest BCUT2D eigenvalue weighted by atomic mass is 9.74. The highest BCUT2D eigenvalue weighted by Crippen LogP contribution is 2.56. The zero-order valence-corrected chi connectivity index (χ0v) is 23.7. The van der Waals surface area contributed by atoms with Crippen molar-refractivity contribution in [2.75, 3.05) is 4.90 Å². The van der Waals surface area contributed by atoms with Crippen LogP contribution < -0.4 is 4.90 Å². The molecule has 0 radical (unpaired) electrons. The van der Waals surface area contributed by atoms with E-state index in [1.54, 1.807) is 5.56 Å². The monoisotopic (exact) mass is 495 g/mol. The topological polar surface area (TPSA) is 3.24 Å². The van der Waals surface area contributed by atoms with Gasteiger partial charge in [0.25, 0.3) is 0 Å². The maximum Gasteiger partial charge on any atom is 0.0742 e. The van der Waals surface area contributed by atoms with Gasteiger partial charge in [0, 0.05) is 28.6 Å². The first kappa shape index (κ1) is 23.5. The first-order valence-electron chi connectivity index (χ1n) is 14.1. The number of aryl methyl sites for hydroxylation is 3. The number of hydrogen-bond donors (Lipinski definition) is 0. The summed E-state index contributed by atoms with van der Waals surface area (Å²) in [6.07, 6.45) is 2.57.